The number of hydrogen-bond acceptors (Lipinski definition) is 2. The van der Waals surface area contributed by atoms with Gasteiger partial charge in [0.15, 0.2) is 0 Å². The third-order valence-electron chi connectivity index (χ3n) is 5.86. The van der Waals surface area contributed by atoms with Crippen LogP contribution in [-0.2, 0) is 11.3 Å². The molecule has 3 heteroatoms. The number of hydrogen-bond donors (Lipinski definition) is 1. The molecule has 0 fully saturated rings. The summed E-state index contributed by atoms with van der Waals surface area (Å²) in [6.45, 7) is 4.74. The van der Waals surface area contributed by atoms with E-state index in [1.54, 1.807) is 6.26 Å². The Kier molecular flexibility index (Phi) is 4.61. The molecular weight excluding hydrogens is 334 g/mol. The van der Waals surface area contributed by atoms with Crippen LogP contribution in [0.2, 0.25) is 0 Å². The summed E-state index contributed by atoms with van der Waals surface area (Å²) >= 11 is 0. The number of fused-ring (bicyclic) bond motifs is 1. The fourth-order valence-corrected chi connectivity index (χ4v) is 4.63. The summed E-state index contributed by atoms with van der Waals surface area (Å²) in [4.78, 5) is 13.4. The van der Waals surface area contributed by atoms with Crippen molar-refractivity contribution in [2.24, 2.45) is 5.41 Å². The molecule has 3 aromatic rings. The van der Waals surface area contributed by atoms with E-state index in [0.717, 1.165) is 12.2 Å². The molecule has 2 aromatic carbocycles. The number of rotatable bonds is 4. The highest BCUT2D eigenvalue weighted by atomic mass is 16.3. The van der Waals surface area contributed by atoms with E-state index < -0.39 is 5.41 Å². The van der Waals surface area contributed by atoms with Crippen LogP contribution >= 0.6 is 0 Å². The maximum absolute atomic E-state index is 13.4. The average molecular weight is 359 g/mol. The zero-order chi connectivity index (χ0) is 18.9. The van der Waals surface area contributed by atoms with E-state index in [1.165, 1.54) is 16.7 Å². The van der Waals surface area contributed by atoms with Crippen molar-refractivity contribution in [1.82, 2.24) is 5.32 Å². The van der Waals surface area contributed by atoms with Gasteiger partial charge in [0.25, 0.3) is 0 Å². The Morgan fingerprint density at radius 1 is 1.04 bits per heavy atom. The third-order valence-corrected chi connectivity index (χ3v) is 5.86. The molecule has 27 heavy (non-hydrogen) atoms. The van der Waals surface area contributed by atoms with Crippen molar-refractivity contribution in [3.8, 4) is 0 Å². The van der Waals surface area contributed by atoms with Crippen LogP contribution in [0.3, 0.4) is 0 Å². The predicted octanol–water partition coefficient (Wildman–Crippen LogP) is 5.24. The van der Waals surface area contributed by atoms with Crippen LogP contribution in [0, 0.1) is 5.41 Å². The highest BCUT2D eigenvalue weighted by molar-refractivity contribution is 5.85. The second-order valence-corrected chi connectivity index (χ2v) is 7.76. The summed E-state index contributed by atoms with van der Waals surface area (Å²) in [6, 6.07) is 22.7. The molecule has 1 amide bonds. The Balaban J connectivity index is 1.74. The van der Waals surface area contributed by atoms with Gasteiger partial charge < -0.3 is 9.73 Å². The van der Waals surface area contributed by atoms with Gasteiger partial charge in [-0.25, -0.2) is 0 Å². The van der Waals surface area contributed by atoms with Crippen LogP contribution in [0.4, 0.5) is 0 Å². The van der Waals surface area contributed by atoms with Crippen molar-refractivity contribution >= 4 is 5.91 Å². The van der Waals surface area contributed by atoms with Crippen molar-refractivity contribution in [2.75, 3.05) is 0 Å². The molecule has 0 unspecified atom stereocenters. The van der Waals surface area contributed by atoms with E-state index in [9.17, 15) is 4.79 Å². The van der Waals surface area contributed by atoms with Gasteiger partial charge in [0.2, 0.25) is 5.91 Å². The third kappa shape index (κ3) is 3.18. The van der Waals surface area contributed by atoms with Gasteiger partial charge in [0.1, 0.15) is 5.76 Å². The van der Waals surface area contributed by atoms with Gasteiger partial charge in [0, 0.05) is 5.92 Å². The molecule has 1 aliphatic rings. The monoisotopic (exact) mass is 359 g/mol. The minimum atomic E-state index is -0.526. The first kappa shape index (κ1) is 17.6. The number of carbonyl (C=O) groups is 1. The number of carbonyl (C=O) groups excluding carboxylic acids is 1. The molecular formula is C24H25NO2. The minimum absolute atomic E-state index is 0.0303. The molecule has 0 spiro atoms. The molecule has 3 atom stereocenters. The smallest absolute Gasteiger partial charge is 0.227 e. The van der Waals surface area contributed by atoms with Gasteiger partial charge in [-0.15, -0.1) is 0 Å². The largest absolute Gasteiger partial charge is 0.467 e. The first-order valence-electron chi connectivity index (χ1n) is 9.54. The normalized spacial score (nSPS) is 24.2. The SMILES string of the molecule is C[C@H]1C[C@@](C)(C(=O)NCc2ccco2)[C@H](c2ccccc2)c2ccccc21. The molecule has 0 aliphatic heterocycles. The van der Waals surface area contributed by atoms with Gasteiger partial charge in [-0.05, 0) is 48.1 Å². The van der Waals surface area contributed by atoms with Gasteiger partial charge in [-0.1, -0.05) is 61.5 Å². The maximum Gasteiger partial charge on any atom is 0.227 e. The Labute approximate surface area is 160 Å². The van der Waals surface area contributed by atoms with Crippen LogP contribution in [0.25, 0.3) is 0 Å². The highest BCUT2D eigenvalue weighted by Gasteiger charge is 2.47. The van der Waals surface area contributed by atoms with Crippen LogP contribution < -0.4 is 5.32 Å². The first-order valence-corrected chi connectivity index (χ1v) is 9.54. The van der Waals surface area contributed by atoms with Crippen molar-refractivity contribution in [1.29, 1.82) is 0 Å². The Hall–Kier alpha value is -2.81. The van der Waals surface area contributed by atoms with E-state index in [2.05, 4.69) is 67.7 Å². The average Bonchev–Trinajstić information content (AvgIpc) is 3.20. The van der Waals surface area contributed by atoms with E-state index in [0.29, 0.717) is 12.5 Å². The molecule has 0 radical (unpaired) electrons. The van der Waals surface area contributed by atoms with Crippen molar-refractivity contribution in [2.45, 2.75) is 38.6 Å². The van der Waals surface area contributed by atoms with E-state index in [1.807, 2.05) is 18.2 Å². The standard InChI is InChI=1S/C24H25NO2/c1-17-15-24(2,23(26)25-16-19-11-8-14-27-19)22(18-9-4-3-5-10-18)21-13-7-6-12-20(17)21/h3-14,17,22H,15-16H2,1-2H3,(H,25,26)/t17-,22+,24+/m0/s1. The lowest BCUT2D eigenvalue weighted by Crippen LogP contribution is -2.46. The second-order valence-electron chi connectivity index (χ2n) is 7.76. The summed E-state index contributed by atoms with van der Waals surface area (Å²) in [5, 5.41) is 3.11. The first-order chi connectivity index (χ1) is 13.1. The zero-order valence-electron chi connectivity index (χ0n) is 15.8. The van der Waals surface area contributed by atoms with Crippen LogP contribution in [0.5, 0.6) is 0 Å². The lowest BCUT2D eigenvalue weighted by atomic mass is 9.59. The molecule has 4 rings (SSSR count). The molecule has 1 heterocycles. The molecule has 138 valence electrons. The molecule has 0 bridgehead atoms. The Bertz CT molecular complexity index is 917. The summed E-state index contributed by atoms with van der Waals surface area (Å²) in [7, 11) is 0. The Morgan fingerprint density at radius 2 is 1.74 bits per heavy atom. The maximum atomic E-state index is 13.4. The van der Waals surface area contributed by atoms with Crippen molar-refractivity contribution in [3.63, 3.8) is 0 Å². The van der Waals surface area contributed by atoms with Gasteiger partial charge in [-0.3, -0.25) is 4.79 Å². The minimum Gasteiger partial charge on any atom is -0.467 e. The quantitative estimate of drug-likeness (QED) is 0.692. The summed E-state index contributed by atoms with van der Waals surface area (Å²) < 4.78 is 5.38. The zero-order valence-corrected chi connectivity index (χ0v) is 15.8. The summed E-state index contributed by atoms with van der Waals surface area (Å²) in [5.41, 5.74) is 3.27. The Morgan fingerprint density at radius 3 is 2.44 bits per heavy atom. The molecule has 1 aromatic heterocycles. The molecule has 1 aliphatic carbocycles. The lowest BCUT2D eigenvalue weighted by molar-refractivity contribution is -0.132. The lowest BCUT2D eigenvalue weighted by Gasteiger charge is -2.44. The fraction of sp³-hybridized carbons (Fsp3) is 0.292. The van der Waals surface area contributed by atoms with Crippen molar-refractivity contribution < 1.29 is 9.21 Å². The number of benzene rings is 2. The summed E-state index contributed by atoms with van der Waals surface area (Å²) in [5.74, 6) is 1.21. The predicted molar refractivity (Wildman–Crippen MR) is 106 cm³/mol. The molecule has 0 saturated heterocycles. The number of furan rings is 1. The van der Waals surface area contributed by atoms with Crippen LogP contribution in [-0.4, -0.2) is 5.91 Å². The van der Waals surface area contributed by atoms with Crippen LogP contribution in [0.1, 0.15) is 54.6 Å². The van der Waals surface area contributed by atoms with Crippen LogP contribution in [0.15, 0.2) is 77.4 Å². The van der Waals surface area contributed by atoms with Gasteiger partial charge in [0.05, 0.1) is 18.2 Å². The van der Waals surface area contributed by atoms with E-state index in [4.69, 9.17) is 4.42 Å². The number of amides is 1. The molecule has 1 N–H and O–H groups in total. The van der Waals surface area contributed by atoms with Crippen molar-refractivity contribution in [3.05, 3.63) is 95.4 Å². The highest BCUT2D eigenvalue weighted by Crippen LogP contribution is 2.53. The second kappa shape index (κ2) is 7.07. The van der Waals surface area contributed by atoms with Gasteiger partial charge >= 0.3 is 0 Å². The van der Waals surface area contributed by atoms with Gasteiger partial charge in [-0.2, -0.15) is 0 Å². The topological polar surface area (TPSA) is 42.2 Å². The van der Waals surface area contributed by atoms with E-state index >= 15 is 0 Å². The molecule has 3 nitrogen and oxygen atoms in total. The number of nitrogens with one attached hydrogen (secondary N) is 1. The summed E-state index contributed by atoms with van der Waals surface area (Å²) in [6.07, 6.45) is 2.45. The van der Waals surface area contributed by atoms with E-state index in [-0.39, 0.29) is 11.8 Å². The fourth-order valence-electron chi connectivity index (χ4n) is 4.63. The molecule has 0 saturated carbocycles.